The predicted octanol–water partition coefficient (Wildman–Crippen LogP) is 1.48. The zero-order chi connectivity index (χ0) is 14.7. The third-order valence-corrected chi connectivity index (χ3v) is 3.57. The van der Waals surface area contributed by atoms with Crippen LogP contribution >= 0.6 is 0 Å². The average Bonchev–Trinajstić information content (AvgIpc) is 2.42. The summed E-state index contributed by atoms with van der Waals surface area (Å²) in [7, 11) is 1.60. The van der Waals surface area contributed by atoms with Gasteiger partial charge in [-0.05, 0) is 23.6 Å². The monoisotopic (exact) mass is 276 g/mol. The molecular formula is C15H20N2O3. The number of imide groups is 1. The van der Waals surface area contributed by atoms with Crippen LogP contribution in [0.5, 0.6) is 5.75 Å². The van der Waals surface area contributed by atoms with E-state index >= 15 is 0 Å². The van der Waals surface area contributed by atoms with E-state index in [1.165, 1.54) is 4.90 Å². The summed E-state index contributed by atoms with van der Waals surface area (Å²) in [6.45, 7) is 2.15. The Balaban J connectivity index is 2.04. The summed E-state index contributed by atoms with van der Waals surface area (Å²) >= 11 is 0. The number of carbonyl (C=O) groups is 2. The number of hydrogen-bond acceptors (Lipinski definition) is 4. The molecule has 2 rings (SSSR count). The molecule has 2 amide bonds. The number of amides is 2. The first kappa shape index (κ1) is 14.5. The van der Waals surface area contributed by atoms with Gasteiger partial charge in [0, 0.05) is 25.4 Å². The lowest BCUT2D eigenvalue weighted by molar-refractivity contribution is -0.150. The Hall–Kier alpha value is -1.88. The molecule has 1 fully saturated rings. The molecule has 1 atom stereocenters. The maximum Gasteiger partial charge on any atom is 0.229 e. The maximum atomic E-state index is 11.9. The Bertz CT molecular complexity index is 480. The molecule has 1 unspecified atom stereocenters. The second kappa shape index (κ2) is 6.05. The third-order valence-electron chi connectivity index (χ3n) is 3.57. The maximum absolute atomic E-state index is 11.9. The van der Waals surface area contributed by atoms with E-state index in [0.717, 1.165) is 11.3 Å². The third kappa shape index (κ3) is 3.17. The zero-order valence-electron chi connectivity index (χ0n) is 11.8. The SMILES string of the molecule is COc1ccc(C(N)CN2C(=O)CC(C)CC2=O)cc1. The summed E-state index contributed by atoms with van der Waals surface area (Å²) in [6, 6.07) is 6.96. The molecule has 1 aliphatic heterocycles. The van der Waals surface area contributed by atoms with Gasteiger partial charge in [0.1, 0.15) is 5.75 Å². The van der Waals surface area contributed by atoms with Crippen molar-refractivity contribution in [2.45, 2.75) is 25.8 Å². The van der Waals surface area contributed by atoms with Crippen molar-refractivity contribution in [3.63, 3.8) is 0 Å². The lowest BCUT2D eigenvalue weighted by Crippen LogP contribution is -2.45. The molecule has 0 radical (unpaired) electrons. The van der Waals surface area contributed by atoms with Crippen molar-refractivity contribution in [3.05, 3.63) is 29.8 Å². The molecule has 0 spiro atoms. The minimum absolute atomic E-state index is 0.127. The first-order valence-electron chi connectivity index (χ1n) is 6.74. The van der Waals surface area contributed by atoms with Crippen molar-refractivity contribution in [1.29, 1.82) is 0 Å². The van der Waals surface area contributed by atoms with Crippen LogP contribution in [0.25, 0.3) is 0 Å². The molecule has 1 aromatic rings. The Kier molecular flexibility index (Phi) is 4.39. The van der Waals surface area contributed by atoms with Crippen molar-refractivity contribution in [2.75, 3.05) is 13.7 Å². The molecule has 1 heterocycles. The number of piperidine rings is 1. The predicted molar refractivity (Wildman–Crippen MR) is 75.0 cm³/mol. The van der Waals surface area contributed by atoms with Crippen molar-refractivity contribution in [2.24, 2.45) is 11.7 Å². The highest BCUT2D eigenvalue weighted by Gasteiger charge is 2.31. The van der Waals surface area contributed by atoms with Crippen LogP contribution in [-0.4, -0.2) is 30.4 Å². The Morgan fingerprint density at radius 2 is 1.80 bits per heavy atom. The molecule has 1 aromatic carbocycles. The Morgan fingerprint density at radius 1 is 1.25 bits per heavy atom. The van der Waals surface area contributed by atoms with Crippen LogP contribution in [0.15, 0.2) is 24.3 Å². The summed E-state index contributed by atoms with van der Waals surface area (Å²) < 4.78 is 5.09. The first-order valence-corrected chi connectivity index (χ1v) is 6.74. The second-order valence-electron chi connectivity index (χ2n) is 5.29. The van der Waals surface area contributed by atoms with Crippen molar-refractivity contribution in [3.8, 4) is 5.75 Å². The average molecular weight is 276 g/mol. The summed E-state index contributed by atoms with van der Waals surface area (Å²) in [5.41, 5.74) is 6.97. The highest BCUT2D eigenvalue weighted by molar-refractivity contribution is 5.97. The molecule has 2 N–H and O–H groups in total. The van der Waals surface area contributed by atoms with Crippen molar-refractivity contribution < 1.29 is 14.3 Å². The highest BCUT2D eigenvalue weighted by Crippen LogP contribution is 2.22. The number of benzene rings is 1. The van der Waals surface area contributed by atoms with Gasteiger partial charge in [0.2, 0.25) is 11.8 Å². The Labute approximate surface area is 118 Å². The molecule has 0 bridgehead atoms. The van der Waals surface area contributed by atoms with E-state index in [1.807, 2.05) is 31.2 Å². The van der Waals surface area contributed by atoms with Gasteiger partial charge in [-0.3, -0.25) is 14.5 Å². The molecular weight excluding hydrogens is 256 g/mol. The van der Waals surface area contributed by atoms with Crippen LogP contribution < -0.4 is 10.5 Å². The van der Waals surface area contributed by atoms with Crippen LogP contribution in [-0.2, 0) is 9.59 Å². The smallest absolute Gasteiger partial charge is 0.229 e. The van der Waals surface area contributed by atoms with E-state index in [0.29, 0.717) is 12.8 Å². The molecule has 5 nitrogen and oxygen atoms in total. The zero-order valence-corrected chi connectivity index (χ0v) is 11.8. The summed E-state index contributed by atoms with van der Waals surface area (Å²) in [4.78, 5) is 25.1. The van der Waals surface area contributed by atoms with E-state index < -0.39 is 0 Å². The number of carbonyl (C=O) groups excluding carboxylic acids is 2. The Morgan fingerprint density at radius 3 is 2.30 bits per heavy atom. The quantitative estimate of drug-likeness (QED) is 0.845. The largest absolute Gasteiger partial charge is 0.497 e. The van der Waals surface area contributed by atoms with E-state index in [-0.39, 0.29) is 30.3 Å². The van der Waals surface area contributed by atoms with Crippen molar-refractivity contribution in [1.82, 2.24) is 4.90 Å². The van der Waals surface area contributed by atoms with Gasteiger partial charge in [0.25, 0.3) is 0 Å². The topological polar surface area (TPSA) is 72.6 Å². The molecule has 5 heteroatoms. The van der Waals surface area contributed by atoms with E-state index in [4.69, 9.17) is 10.5 Å². The fourth-order valence-corrected chi connectivity index (χ4v) is 2.38. The van der Waals surface area contributed by atoms with Gasteiger partial charge in [0.15, 0.2) is 0 Å². The number of likely N-dealkylation sites (tertiary alicyclic amines) is 1. The molecule has 0 aliphatic carbocycles. The molecule has 0 saturated carbocycles. The van der Waals surface area contributed by atoms with Gasteiger partial charge >= 0.3 is 0 Å². The minimum atomic E-state index is -0.373. The highest BCUT2D eigenvalue weighted by atomic mass is 16.5. The van der Waals surface area contributed by atoms with Crippen LogP contribution in [0.2, 0.25) is 0 Å². The van der Waals surface area contributed by atoms with Gasteiger partial charge < -0.3 is 10.5 Å². The fraction of sp³-hybridized carbons (Fsp3) is 0.467. The first-order chi connectivity index (χ1) is 9.51. The van der Waals surface area contributed by atoms with E-state index in [9.17, 15) is 9.59 Å². The number of hydrogen-bond donors (Lipinski definition) is 1. The minimum Gasteiger partial charge on any atom is -0.497 e. The molecule has 108 valence electrons. The number of nitrogens with zero attached hydrogens (tertiary/aromatic N) is 1. The molecule has 1 aliphatic rings. The van der Waals surface area contributed by atoms with Crippen LogP contribution in [0.4, 0.5) is 0 Å². The van der Waals surface area contributed by atoms with Gasteiger partial charge in [-0.25, -0.2) is 0 Å². The van der Waals surface area contributed by atoms with Crippen LogP contribution in [0, 0.1) is 5.92 Å². The lowest BCUT2D eigenvalue weighted by atomic mass is 9.96. The number of methoxy groups -OCH3 is 1. The number of rotatable bonds is 4. The van der Waals surface area contributed by atoms with Crippen molar-refractivity contribution >= 4 is 11.8 Å². The lowest BCUT2D eigenvalue weighted by Gasteiger charge is -2.30. The standard InChI is InChI=1S/C15H20N2O3/c1-10-7-14(18)17(15(19)8-10)9-13(16)11-3-5-12(20-2)6-4-11/h3-6,10,13H,7-9,16H2,1-2H3. The van der Waals surface area contributed by atoms with Crippen LogP contribution in [0.1, 0.15) is 31.4 Å². The van der Waals surface area contributed by atoms with Gasteiger partial charge in [0.05, 0.1) is 7.11 Å². The van der Waals surface area contributed by atoms with Gasteiger partial charge in [-0.1, -0.05) is 19.1 Å². The summed E-state index contributed by atoms with van der Waals surface area (Å²) in [6.07, 6.45) is 0.835. The second-order valence-corrected chi connectivity index (χ2v) is 5.29. The van der Waals surface area contributed by atoms with Gasteiger partial charge in [-0.15, -0.1) is 0 Å². The summed E-state index contributed by atoms with van der Waals surface area (Å²) in [5, 5.41) is 0. The van der Waals surface area contributed by atoms with Gasteiger partial charge in [-0.2, -0.15) is 0 Å². The summed E-state index contributed by atoms with van der Waals surface area (Å²) in [5.74, 6) is 0.624. The normalized spacial score (nSPS) is 18.2. The number of nitrogens with two attached hydrogens (primary N) is 1. The fourth-order valence-electron chi connectivity index (χ4n) is 2.38. The molecule has 1 saturated heterocycles. The molecule has 0 aromatic heterocycles. The van der Waals surface area contributed by atoms with E-state index in [2.05, 4.69) is 0 Å². The molecule has 20 heavy (non-hydrogen) atoms. The number of ether oxygens (including phenoxy) is 1. The van der Waals surface area contributed by atoms with Crippen LogP contribution in [0.3, 0.4) is 0 Å². The van der Waals surface area contributed by atoms with E-state index in [1.54, 1.807) is 7.11 Å².